The van der Waals surface area contributed by atoms with Gasteiger partial charge in [-0.3, -0.25) is 4.79 Å². The molecule has 24 heavy (non-hydrogen) atoms. The molecular weight excluding hydrogens is 323 g/mol. The van der Waals surface area contributed by atoms with Gasteiger partial charge in [0.1, 0.15) is 0 Å². The van der Waals surface area contributed by atoms with E-state index < -0.39 is 17.6 Å². The Morgan fingerprint density at radius 2 is 1.58 bits per heavy atom. The van der Waals surface area contributed by atoms with E-state index in [2.05, 4.69) is 5.32 Å². The van der Waals surface area contributed by atoms with Crippen LogP contribution in [0.5, 0.6) is 11.5 Å². The van der Waals surface area contributed by atoms with Gasteiger partial charge in [-0.25, -0.2) is 0 Å². The summed E-state index contributed by atoms with van der Waals surface area (Å²) in [5.74, 6) is 0.449. The van der Waals surface area contributed by atoms with Crippen molar-refractivity contribution in [2.75, 3.05) is 18.5 Å². The second-order valence-corrected chi connectivity index (χ2v) is 4.79. The van der Waals surface area contributed by atoms with E-state index in [1.54, 1.807) is 24.3 Å². The van der Waals surface area contributed by atoms with Gasteiger partial charge in [-0.05, 0) is 43.3 Å². The lowest BCUT2D eigenvalue weighted by molar-refractivity contribution is -0.137. The smallest absolute Gasteiger partial charge is 0.416 e. The summed E-state index contributed by atoms with van der Waals surface area (Å²) in [4.78, 5) is 11.8. The number of ether oxygens (including phenoxy) is 2. The third-order valence-corrected chi connectivity index (χ3v) is 3.00. The minimum Gasteiger partial charge on any atom is -0.490 e. The fourth-order valence-corrected chi connectivity index (χ4v) is 1.93. The van der Waals surface area contributed by atoms with E-state index in [1.807, 2.05) is 6.92 Å². The number of amides is 1. The third kappa shape index (κ3) is 4.91. The van der Waals surface area contributed by atoms with Crippen LogP contribution in [0.3, 0.4) is 0 Å². The van der Waals surface area contributed by atoms with Crippen molar-refractivity contribution >= 4 is 11.6 Å². The van der Waals surface area contributed by atoms with Crippen LogP contribution in [0.4, 0.5) is 18.9 Å². The van der Waals surface area contributed by atoms with Crippen LogP contribution in [0.25, 0.3) is 0 Å². The first-order valence-electron chi connectivity index (χ1n) is 7.22. The number of carbonyl (C=O) groups excluding carboxylic acids is 1. The summed E-state index contributed by atoms with van der Waals surface area (Å²) >= 11 is 0. The molecule has 0 radical (unpaired) electrons. The molecule has 0 heterocycles. The monoisotopic (exact) mass is 339 g/mol. The molecule has 1 amide bonds. The summed E-state index contributed by atoms with van der Waals surface area (Å²) < 4.78 is 48.2. The highest BCUT2D eigenvalue weighted by Crippen LogP contribution is 2.30. The third-order valence-electron chi connectivity index (χ3n) is 3.00. The van der Waals surface area contributed by atoms with E-state index in [0.29, 0.717) is 18.1 Å². The lowest BCUT2D eigenvalue weighted by Gasteiger charge is -2.12. The highest BCUT2D eigenvalue weighted by Gasteiger charge is 2.29. The molecule has 0 aliphatic heterocycles. The van der Waals surface area contributed by atoms with Crippen LogP contribution in [-0.4, -0.2) is 19.1 Å². The SMILES string of the molecule is CCOc1ccccc1OCC(=O)Nc1ccc(C(F)(F)F)cc1. The zero-order chi connectivity index (χ0) is 17.6. The van der Waals surface area contributed by atoms with Crippen molar-refractivity contribution in [3.63, 3.8) is 0 Å². The maximum Gasteiger partial charge on any atom is 0.416 e. The Balaban J connectivity index is 1.92. The Bertz CT molecular complexity index is 684. The molecule has 2 rings (SSSR count). The summed E-state index contributed by atoms with van der Waals surface area (Å²) in [7, 11) is 0. The van der Waals surface area contributed by atoms with Gasteiger partial charge in [0.25, 0.3) is 5.91 Å². The van der Waals surface area contributed by atoms with Crippen molar-refractivity contribution in [3.8, 4) is 11.5 Å². The van der Waals surface area contributed by atoms with Gasteiger partial charge in [-0.1, -0.05) is 12.1 Å². The van der Waals surface area contributed by atoms with E-state index in [1.165, 1.54) is 12.1 Å². The molecule has 0 saturated carbocycles. The maximum atomic E-state index is 12.5. The van der Waals surface area contributed by atoms with Gasteiger partial charge in [-0.15, -0.1) is 0 Å². The fourth-order valence-electron chi connectivity index (χ4n) is 1.93. The van der Waals surface area contributed by atoms with Crippen molar-refractivity contribution in [2.24, 2.45) is 0 Å². The normalized spacial score (nSPS) is 11.0. The number of benzene rings is 2. The number of alkyl halides is 3. The molecule has 0 aliphatic carbocycles. The van der Waals surface area contributed by atoms with Crippen LogP contribution in [0, 0.1) is 0 Å². The molecule has 0 aromatic heterocycles. The molecule has 0 spiro atoms. The Labute approximate surface area is 137 Å². The maximum absolute atomic E-state index is 12.5. The first-order chi connectivity index (χ1) is 11.4. The summed E-state index contributed by atoms with van der Waals surface area (Å²) in [5.41, 5.74) is -0.517. The molecule has 1 N–H and O–H groups in total. The number of carbonyl (C=O) groups is 1. The van der Waals surface area contributed by atoms with Crippen LogP contribution in [0.2, 0.25) is 0 Å². The van der Waals surface area contributed by atoms with Crippen LogP contribution in [0.1, 0.15) is 12.5 Å². The average molecular weight is 339 g/mol. The lowest BCUT2D eigenvalue weighted by Crippen LogP contribution is -2.20. The molecule has 0 unspecified atom stereocenters. The average Bonchev–Trinajstić information content (AvgIpc) is 2.54. The number of anilines is 1. The molecule has 0 atom stereocenters. The van der Waals surface area contributed by atoms with E-state index in [4.69, 9.17) is 9.47 Å². The van der Waals surface area contributed by atoms with Gasteiger partial charge < -0.3 is 14.8 Å². The Morgan fingerprint density at radius 1 is 1.00 bits per heavy atom. The minimum absolute atomic E-state index is 0.259. The van der Waals surface area contributed by atoms with Gasteiger partial charge in [0.2, 0.25) is 0 Å². The van der Waals surface area contributed by atoms with Crippen molar-refractivity contribution in [3.05, 3.63) is 54.1 Å². The van der Waals surface area contributed by atoms with Gasteiger partial charge >= 0.3 is 6.18 Å². The molecular formula is C17H16F3NO3. The van der Waals surface area contributed by atoms with Crippen molar-refractivity contribution in [1.29, 1.82) is 0 Å². The molecule has 0 saturated heterocycles. The van der Waals surface area contributed by atoms with Gasteiger partial charge in [0.05, 0.1) is 12.2 Å². The quantitative estimate of drug-likeness (QED) is 0.861. The number of nitrogens with one attached hydrogen (secondary N) is 1. The predicted octanol–water partition coefficient (Wildman–Crippen LogP) is 4.12. The van der Waals surface area contributed by atoms with Crippen LogP contribution in [0.15, 0.2) is 48.5 Å². The van der Waals surface area contributed by atoms with E-state index in [-0.39, 0.29) is 12.3 Å². The fraction of sp³-hybridized carbons (Fsp3) is 0.235. The van der Waals surface area contributed by atoms with Crippen LogP contribution < -0.4 is 14.8 Å². The summed E-state index contributed by atoms with van der Waals surface area (Å²) in [5, 5.41) is 2.47. The zero-order valence-corrected chi connectivity index (χ0v) is 12.9. The number of halogens is 3. The van der Waals surface area contributed by atoms with E-state index in [0.717, 1.165) is 12.1 Å². The zero-order valence-electron chi connectivity index (χ0n) is 12.9. The van der Waals surface area contributed by atoms with E-state index in [9.17, 15) is 18.0 Å². The summed E-state index contributed by atoms with van der Waals surface area (Å²) in [6.07, 6.45) is -4.41. The standard InChI is InChI=1S/C17H16F3NO3/c1-2-23-14-5-3-4-6-15(14)24-11-16(22)21-13-9-7-12(8-10-13)17(18,19)20/h3-10H,2,11H2,1H3,(H,21,22). The first kappa shape index (κ1) is 17.7. The van der Waals surface area contributed by atoms with Crippen molar-refractivity contribution in [2.45, 2.75) is 13.1 Å². The first-order valence-corrected chi connectivity index (χ1v) is 7.22. The lowest BCUT2D eigenvalue weighted by atomic mass is 10.2. The molecule has 0 aliphatic rings. The number of hydrogen-bond donors (Lipinski definition) is 1. The summed E-state index contributed by atoms with van der Waals surface area (Å²) in [6, 6.07) is 11.1. The largest absolute Gasteiger partial charge is 0.490 e. The van der Waals surface area contributed by atoms with Gasteiger partial charge in [-0.2, -0.15) is 13.2 Å². The van der Waals surface area contributed by atoms with Crippen molar-refractivity contribution in [1.82, 2.24) is 0 Å². The van der Waals surface area contributed by atoms with Gasteiger partial charge in [0.15, 0.2) is 18.1 Å². The highest BCUT2D eigenvalue weighted by molar-refractivity contribution is 5.91. The number of rotatable bonds is 6. The second kappa shape index (κ2) is 7.72. The second-order valence-electron chi connectivity index (χ2n) is 4.79. The van der Waals surface area contributed by atoms with Crippen LogP contribution >= 0.6 is 0 Å². The highest BCUT2D eigenvalue weighted by atomic mass is 19.4. The Morgan fingerprint density at radius 3 is 2.12 bits per heavy atom. The molecule has 2 aromatic carbocycles. The molecule has 0 bridgehead atoms. The Hall–Kier alpha value is -2.70. The minimum atomic E-state index is -4.41. The predicted molar refractivity (Wildman–Crippen MR) is 83.2 cm³/mol. The Kier molecular flexibility index (Phi) is 5.68. The molecule has 128 valence electrons. The van der Waals surface area contributed by atoms with Gasteiger partial charge in [0, 0.05) is 5.69 Å². The molecule has 2 aromatic rings. The van der Waals surface area contributed by atoms with E-state index >= 15 is 0 Å². The summed E-state index contributed by atoms with van der Waals surface area (Å²) in [6.45, 7) is 2.00. The molecule has 0 fully saturated rings. The van der Waals surface area contributed by atoms with Crippen molar-refractivity contribution < 1.29 is 27.4 Å². The topological polar surface area (TPSA) is 47.6 Å². The molecule has 7 heteroatoms. The number of para-hydroxylation sites is 2. The van der Waals surface area contributed by atoms with Crippen LogP contribution in [-0.2, 0) is 11.0 Å². The number of hydrogen-bond acceptors (Lipinski definition) is 3. The molecule has 4 nitrogen and oxygen atoms in total.